The van der Waals surface area contributed by atoms with Crippen molar-refractivity contribution in [2.45, 2.75) is 90.0 Å². The van der Waals surface area contributed by atoms with E-state index in [4.69, 9.17) is 40.0 Å². The van der Waals surface area contributed by atoms with E-state index in [2.05, 4.69) is 0 Å². The molecule has 32 heavy (non-hydrogen) atoms. The zero-order valence-corrected chi connectivity index (χ0v) is 19.8. The number of ether oxygens (including phenoxy) is 6. The van der Waals surface area contributed by atoms with Gasteiger partial charge >= 0.3 is 29.8 Å². The van der Waals surface area contributed by atoms with Gasteiger partial charge in [0.05, 0.1) is 0 Å². The second-order valence-corrected chi connectivity index (χ2v) is 8.80. The van der Waals surface area contributed by atoms with Crippen LogP contribution in [0.15, 0.2) is 0 Å². The van der Waals surface area contributed by atoms with E-state index in [0.717, 1.165) is 27.7 Å². The lowest BCUT2D eigenvalue weighted by Gasteiger charge is -2.45. The number of carbonyl (C=O) groups is 5. The summed E-state index contributed by atoms with van der Waals surface area (Å²) in [5, 5.41) is -2.19. The molecule has 0 aromatic rings. The molecular formula is C20H29ClO11. The lowest BCUT2D eigenvalue weighted by atomic mass is 9.93. The molecule has 12 heteroatoms. The van der Waals surface area contributed by atoms with Gasteiger partial charge in [0.15, 0.2) is 12.2 Å². The number of rotatable bonds is 7. The molecule has 0 N–H and O–H groups in total. The molecule has 1 saturated heterocycles. The lowest BCUT2D eigenvalue weighted by Crippen LogP contribution is -2.62. The minimum Gasteiger partial charge on any atom is -0.462 e. The summed E-state index contributed by atoms with van der Waals surface area (Å²) >= 11 is 6.47. The first-order valence-corrected chi connectivity index (χ1v) is 10.2. The molecule has 1 fully saturated rings. The molecule has 0 saturated carbocycles. The Morgan fingerprint density at radius 3 is 1.97 bits per heavy atom. The Balaban J connectivity index is 3.46. The first kappa shape index (κ1) is 27.6. The average molecular weight is 481 g/mol. The summed E-state index contributed by atoms with van der Waals surface area (Å²) < 4.78 is 31.7. The van der Waals surface area contributed by atoms with Crippen molar-refractivity contribution in [3.05, 3.63) is 0 Å². The molecule has 0 aromatic heterocycles. The molecule has 1 rings (SSSR count). The maximum absolute atomic E-state index is 12.8. The van der Waals surface area contributed by atoms with E-state index >= 15 is 0 Å². The molecule has 0 aromatic carbocycles. The molecule has 0 aliphatic carbocycles. The second-order valence-electron chi connectivity index (χ2n) is 8.19. The van der Waals surface area contributed by atoms with Gasteiger partial charge in [-0.05, 0) is 20.8 Å². The van der Waals surface area contributed by atoms with E-state index < -0.39 is 78.0 Å². The van der Waals surface area contributed by atoms with Gasteiger partial charge < -0.3 is 28.4 Å². The van der Waals surface area contributed by atoms with Gasteiger partial charge in [-0.2, -0.15) is 0 Å². The summed E-state index contributed by atoms with van der Waals surface area (Å²) in [6.45, 7) is 8.76. The van der Waals surface area contributed by atoms with Gasteiger partial charge in [-0.3, -0.25) is 19.2 Å². The van der Waals surface area contributed by atoms with Crippen LogP contribution in [-0.2, 0) is 52.4 Å². The smallest absolute Gasteiger partial charge is 0.354 e. The first-order valence-electron chi connectivity index (χ1n) is 9.79. The summed E-state index contributed by atoms with van der Waals surface area (Å²) in [4.78, 5) is 59.3. The Hall–Kier alpha value is -2.40. The van der Waals surface area contributed by atoms with Gasteiger partial charge in [-0.15, -0.1) is 0 Å². The minimum atomic E-state index is -2.19. The molecule has 0 amide bonds. The van der Waals surface area contributed by atoms with Gasteiger partial charge in [0, 0.05) is 34.1 Å². The van der Waals surface area contributed by atoms with Crippen molar-refractivity contribution in [2.75, 3.05) is 6.61 Å². The average Bonchev–Trinajstić information content (AvgIpc) is 2.58. The van der Waals surface area contributed by atoms with Gasteiger partial charge in [-0.1, -0.05) is 11.6 Å². The summed E-state index contributed by atoms with van der Waals surface area (Å²) in [5.74, 6) is -3.99. The van der Waals surface area contributed by atoms with Crippen molar-refractivity contribution < 1.29 is 52.4 Å². The molecule has 5 atom stereocenters. The highest BCUT2D eigenvalue weighted by atomic mass is 35.5. The molecule has 1 heterocycles. The van der Waals surface area contributed by atoms with Crippen molar-refractivity contribution in [3.8, 4) is 0 Å². The third-order valence-corrected chi connectivity index (χ3v) is 4.33. The van der Waals surface area contributed by atoms with Crippen LogP contribution >= 0.6 is 11.6 Å². The van der Waals surface area contributed by atoms with E-state index in [9.17, 15) is 24.0 Å². The van der Waals surface area contributed by atoms with Crippen LogP contribution in [-0.4, -0.2) is 71.5 Å². The molecular weight excluding hydrogens is 452 g/mol. The van der Waals surface area contributed by atoms with E-state index in [1.807, 2.05) is 0 Å². The maximum atomic E-state index is 12.8. The third-order valence-electron chi connectivity index (χ3n) is 3.93. The molecule has 0 spiro atoms. The normalized spacial score (nSPS) is 26.3. The van der Waals surface area contributed by atoms with E-state index in [0.29, 0.717) is 0 Å². The summed E-state index contributed by atoms with van der Waals surface area (Å²) in [5.41, 5.74) is -0.936. The predicted molar refractivity (Wildman–Crippen MR) is 107 cm³/mol. The molecule has 11 nitrogen and oxygen atoms in total. The predicted octanol–water partition coefficient (Wildman–Crippen LogP) is 1.41. The highest BCUT2D eigenvalue weighted by molar-refractivity contribution is 6.33. The zero-order valence-electron chi connectivity index (χ0n) is 19.1. The fraction of sp³-hybridized carbons (Fsp3) is 0.750. The largest absolute Gasteiger partial charge is 0.462 e. The Morgan fingerprint density at radius 1 is 0.969 bits per heavy atom. The van der Waals surface area contributed by atoms with Crippen LogP contribution in [0.25, 0.3) is 0 Å². The lowest BCUT2D eigenvalue weighted by molar-refractivity contribution is -0.246. The number of hydrogen-bond donors (Lipinski definition) is 0. The molecule has 0 unspecified atom stereocenters. The number of carbonyl (C=O) groups excluding carboxylic acids is 5. The summed E-state index contributed by atoms with van der Waals surface area (Å²) in [7, 11) is 0. The topological polar surface area (TPSA) is 141 Å². The number of hydrogen-bond acceptors (Lipinski definition) is 11. The van der Waals surface area contributed by atoms with Crippen LogP contribution in [0.3, 0.4) is 0 Å². The first-order chi connectivity index (χ1) is 14.5. The summed E-state index contributed by atoms with van der Waals surface area (Å²) in [6, 6.07) is 0. The van der Waals surface area contributed by atoms with E-state index in [1.54, 1.807) is 20.8 Å². The summed E-state index contributed by atoms with van der Waals surface area (Å²) in [6.07, 6.45) is -5.86. The van der Waals surface area contributed by atoms with Gasteiger partial charge in [0.2, 0.25) is 5.06 Å². The maximum Gasteiger partial charge on any atom is 0.354 e. The van der Waals surface area contributed by atoms with Crippen LogP contribution in [0, 0.1) is 0 Å². The standard InChI is InChI=1S/C20H29ClO11/c1-10(22)27-9-15(29-12(3)24)17-16(30-13(4)25)14(28-11(2)23)8-20(21,31-17)18(26)32-19(5,6)7/h14-17H,8-9H2,1-7H3/t14-,15-,16-,17-,20-/m1/s1. The quantitative estimate of drug-likeness (QED) is 0.296. The number of halogens is 1. The van der Waals surface area contributed by atoms with Gasteiger partial charge in [0.25, 0.3) is 0 Å². The van der Waals surface area contributed by atoms with E-state index in [-0.39, 0.29) is 0 Å². The second kappa shape index (κ2) is 11.0. The molecule has 1 aliphatic heterocycles. The van der Waals surface area contributed by atoms with Crippen LogP contribution in [0.1, 0.15) is 54.9 Å². The Bertz CT molecular complexity index is 744. The molecule has 1 aliphatic rings. The Kier molecular flexibility index (Phi) is 9.46. The fourth-order valence-corrected chi connectivity index (χ4v) is 3.25. The van der Waals surface area contributed by atoms with Crippen LogP contribution in [0.4, 0.5) is 0 Å². The monoisotopic (exact) mass is 480 g/mol. The van der Waals surface area contributed by atoms with Crippen LogP contribution in [0.2, 0.25) is 0 Å². The Morgan fingerprint density at radius 2 is 1.53 bits per heavy atom. The van der Waals surface area contributed by atoms with Crippen molar-refractivity contribution in [2.24, 2.45) is 0 Å². The highest BCUT2D eigenvalue weighted by Gasteiger charge is 2.57. The highest BCUT2D eigenvalue weighted by Crippen LogP contribution is 2.39. The number of alkyl halides is 1. The van der Waals surface area contributed by atoms with Gasteiger partial charge in [0.1, 0.15) is 24.4 Å². The zero-order chi connectivity index (χ0) is 24.9. The number of esters is 5. The molecule has 182 valence electrons. The van der Waals surface area contributed by atoms with Crippen LogP contribution in [0.5, 0.6) is 0 Å². The van der Waals surface area contributed by atoms with Gasteiger partial charge in [-0.25, -0.2) is 4.79 Å². The SMILES string of the molecule is CC(=O)OC[C@@H](OC(C)=O)[C@H]1O[C@@](Cl)(C(=O)OC(C)(C)C)C[C@@H](OC(C)=O)[C@H]1OC(C)=O. The molecule has 0 radical (unpaired) electrons. The van der Waals surface area contributed by atoms with Crippen LogP contribution < -0.4 is 0 Å². The van der Waals surface area contributed by atoms with Crippen molar-refractivity contribution in [3.63, 3.8) is 0 Å². The Labute approximate surface area is 190 Å². The van der Waals surface area contributed by atoms with Crippen molar-refractivity contribution in [1.29, 1.82) is 0 Å². The molecule has 0 bridgehead atoms. The minimum absolute atomic E-state index is 0.433. The fourth-order valence-electron chi connectivity index (χ4n) is 2.96. The van der Waals surface area contributed by atoms with E-state index in [1.165, 1.54) is 0 Å². The third kappa shape index (κ3) is 8.62. The van der Waals surface area contributed by atoms with Crippen molar-refractivity contribution >= 4 is 41.4 Å². The van der Waals surface area contributed by atoms with Crippen molar-refractivity contribution in [1.82, 2.24) is 0 Å².